The summed E-state index contributed by atoms with van der Waals surface area (Å²) in [4.78, 5) is 26.4. The highest BCUT2D eigenvalue weighted by Crippen LogP contribution is 2.29. The van der Waals surface area contributed by atoms with Crippen LogP contribution in [0.5, 0.6) is 23.0 Å². The SMILES string of the molecule is CN(C)C(=O)COc1ccc2c(c1)C[C@@H](NC[C@H](O)c1ccc(O)c(CO)c1)CC2.CN(C)C(=O)COc1ccc2c(c1)C[C@@H](NC[C@H](O)c1ccc(O)c(CO)c1)CC2.O.O.O=S(=O)(O)O. The number of benzene rings is 4. The molecule has 0 bridgehead atoms. The molecule has 2 aliphatic rings. The molecule has 6 rings (SSSR count). The molecule has 67 heavy (non-hydrogen) atoms. The Balaban J connectivity index is 0.000000407. The predicted molar refractivity (Wildman–Crippen MR) is 248 cm³/mol. The first-order valence-corrected chi connectivity index (χ1v) is 22.4. The van der Waals surface area contributed by atoms with Crippen LogP contribution < -0.4 is 20.1 Å². The molecule has 372 valence electrons. The number of aliphatic hydroxyl groups is 4. The third-order valence-electron chi connectivity index (χ3n) is 11.1. The quantitative estimate of drug-likeness (QED) is 0.0693. The molecule has 2 aliphatic carbocycles. The van der Waals surface area contributed by atoms with Crippen LogP contribution in [-0.2, 0) is 58.9 Å². The van der Waals surface area contributed by atoms with Gasteiger partial charge in [0, 0.05) is 64.5 Å². The summed E-state index contributed by atoms with van der Waals surface area (Å²) in [6.45, 7) is 0.240. The third kappa shape index (κ3) is 19.0. The van der Waals surface area contributed by atoms with Crippen LogP contribution in [0.1, 0.15) is 69.6 Å². The molecule has 0 aromatic heterocycles. The minimum atomic E-state index is -4.67. The van der Waals surface area contributed by atoms with E-state index >= 15 is 0 Å². The number of hydrogen-bond acceptors (Lipinski definition) is 14. The van der Waals surface area contributed by atoms with Crippen molar-refractivity contribution in [1.29, 1.82) is 0 Å². The maximum atomic E-state index is 11.7. The van der Waals surface area contributed by atoms with Gasteiger partial charge in [0.2, 0.25) is 0 Å². The molecule has 2 amide bonds. The van der Waals surface area contributed by atoms with Crippen molar-refractivity contribution in [2.75, 3.05) is 54.5 Å². The molecule has 4 aromatic rings. The van der Waals surface area contributed by atoms with Crippen molar-refractivity contribution in [2.24, 2.45) is 0 Å². The number of aromatic hydroxyl groups is 2. The van der Waals surface area contributed by atoms with Gasteiger partial charge in [-0.1, -0.05) is 24.3 Å². The van der Waals surface area contributed by atoms with E-state index < -0.39 is 22.6 Å². The summed E-state index contributed by atoms with van der Waals surface area (Å²) in [5.41, 5.74) is 7.06. The lowest BCUT2D eigenvalue weighted by molar-refractivity contribution is -0.131. The first-order chi connectivity index (χ1) is 30.7. The smallest absolute Gasteiger partial charge is 0.394 e. The Kier molecular flexibility index (Phi) is 23.6. The number of aryl methyl sites for hydroxylation is 2. The fourth-order valence-corrected chi connectivity index (χ4v) is 7.21. The average molecular weight is 963 g/mol. The Morgan fingerprint density at radius 2 is 0.985 bits per heavy atom. The molecule has 0 saturated heterocycles. The zero-order valence-electron chi connectivity index (χ0n) is 38.1. The van der Waals surface area contributed by atoms with Gasteiger partial charge in [0.25, 0.3) is 11.8 Å². The third-order valence-corrected chi connectivity index (χ3v) is 11.1. The van der Waals surface area contributed by atoms with Gasteiger partial charge in [0.05, 0.1) is 25.4 Å². The molecular weight excluding hydrogens is 897 g/mol. The molecule has 0 radical (unpaired) electrons. The van der Waals surface area contributed by atoms with E-state index in [1.807, 2.05) is 24.3 Å². The van der Waals surface area contributed by atoms with E-state index in [-0.39, 0.29) is 72.8 Å². The van der Waals surface area contributed by atoms with Crippen LogP contribution in [0.4, 0.5) is 0 Å². The Hall–Kier alpha value is -5.43. The van der Waals surface area contributed by atoms with Crippen molar-refractivity contribution < 1.29 is 78.2 Å². The first-order valence-electron chi connectivity index (χ1n) is 21.0. The number of likely N-dealkylation sites (N-methyl/N-ethyl adjacent to an activating group) is 2. The number of hydrogen-bond donors (Lipinski definition) is 10. The van der Waals surface area contributed by atoms with Crippen LogP contribution in [0.15, 0.2) is 72.8 Å². The molecule has 21 heteroatoms. The summed E-state index contributed by atoms with van der Waals surface area (Å²) in [5, 5.41) is 65.7. The number of rotatable bonds is 16. The van der Waals surface area contributed by atoms with Crippen molar-refractivity contribution >= 4 is 22.2 Å². The summed E-state index contributed by atoms with van der Waals surface area (Å²) in [6, 6.07) is 21.9. The van der Waals surface area contributed by atoms with Crippen LogP contribution >= 0.6 is 0 Å². The number of carbonyl (C=O) groups is 2. The molecular formula is C46H66N4O16S. The Morgan fingerprint density at radius 3 is 1.31 bits per heavy atom. The number of phenols is 2. The predicted octanol–water partition coefficient (Wildman–Crippen LogP) is 0.762. The second kappa shape index (κ2) is 27.4. The van der Waals surface area contributed by atoms with Crippen molar-refractivity contribution in [1.82, 2.24) is 20.4 Å². The number of carbonyl (C=O) groups excluding carboxylic acids is 2. The van der Waals surface area contributed by atoms with E-state index in [2.05, 4.69) is 22.8 Å². The van der Waals surface area contributed by atoms with E-state index in [4.69, 9.17) is 27.0 Å². The zero-order valence-corrected chi connectivity index (χ0v) is 38.9. The summed E-state index contributed by atoms with van der Waals surface area (Å²) in [7, 11) is 2.13. The highest BCUT2D eigenvalue weighted by molar-refractivity contribution is 7.79. The normalized spacial score (nSPS) is 15.7. The second-order valence-corrected chi connectivity index (χ2v) is 17.2. The fourth-order valence-electron chi connectivity index (χ4n) is 7.21. The van der Waals surface area contributed by atoms with Gasteiger partial charge in [-0.15, -0.1) is 0 Å². The molecule has 20 nitrogen and oxygen atoms in total. The highest BCUT2D eigenvalue weighted by Gasteiger charge is 2.23. The van der Waals surface area contributed by atoms with E-state index in [1.54, 1.807) is 52.5 Å². The summed E-state index contributed by atoms with van der Waals surface area (Å²) in [6.07, 6.45) is 3.99. The Labute approximate surface area is 390 Å². The minimum absolute atomic E-state index is 0. The maximum Gasteiger partial charge on any atom is 0.394 e. The monoisotopic (exact) mass is 962 g/mol. The van der Waals surface area contributed by atoms with Crippen molar-refractivity contribution in [3.8, 4) is 23.0 Å². The van der Waals surface area contributed by atoms with Crippen LogP contribution in [-0.4, -0.2) is 147 Å². The van der Waals surface area contributed by atoms with Gasteiger partial charge in [-0.3, -0.25) is 18.7 Å². The Morgan fingerprint density at radius 1 is 0.627 bits per heavy atom. The average Bonchev–Trinajstić information content (AvgIpc) is 3.27. The van der Waals surface area contributed by atoms with Crippen LogP contribution in [0.3, 0.4) is 0 Å². The van der Waals surface area contributed by atoms with Gasteiger partial charge in [0.15, 0.2) is 13.2 Å². The molecule has 0 saturated carbocycles. The summed E-state index contributed by atoms with van der Waals surface area (Å²) >= 11 is 0. The molecule has 0 spiro atoms. The highest BCUT2D eigenvalue weighted by atomic mass is 32.3. The number of nitrogens with zero attached hydrogens (tertiary/aromatic N) is 2. The van der Waals surface area contributed by atoms with Gasteiger partial charge in [-0.05, 0) is 120 Å². The molecule has 4 atom stereocenters. The molecule has 4 aromatic carbocycles. The number of ether oxygens (including phenoxy) is 2. The molecule has 14 N–H and O–H groups in total. The zero-order chi connectivity index (χ0) is 47.8. The lowest BCUT2D eigenvalue weighted by atomic mass is 9.88. The van der Waals surface area contributed by atoms with Gasteiger partial charge in [0.1, 0.15) is 23.0 Å². The largest absolute Gasteiger partial charge is 0.508 e. The molecule has 0 aliphatic heterocycles. The van der Waals surface area contributed by atoms with Crippen LogP contribution in [0.25, 0.3) is 0 Å². The summed E-state index contributed by atoms with van der Waals surface area (Å²) in [5.74, 6) is 1.25. The maximum absolute atomic E-state index is 11.7. The van der Waals surface area contributed by atoms with Crippen molar-refractivity contribution in [3.63, 3.8) is 0 Å². The number of aliphatic hydroxyl groups excluding tert-OH is 4. The van der Waals surface area contributed by atoms with E-state index in [0.717, 1.165) is 38.5 Å². The number of nitrogens with one attached hydrogen (secondary N) is 2. The first kappa shape index (κ1) is 57.7. The fraction of sp³-hybridized carbons (Fsp3) is 0.435. The second-order valence-electron chi connectivity index (χ2n) is 16.3. The number of fused-ring (bicyclic) bond motifs is 2. The van der Waals surface area contributed by atoms with Gasteiger partial charge >= 0.3 is 10.4 Å². The topological polar surface area (TPSA) is 342 Å². The van der Waals surface area contributed by atoms with E-state index in [0.29, 0.717) is 46.8 Å². The lowest BCUT2D eigenvalue weighted by Crippen LogP contribution is -2.37. The van der Waals surface area contributed by atoms with Crippen LogP contribution in [0.2, 0.25) is 0 Å². The van der Waals surface area contributed by atoms with Crippen molar-refractivity contribution in [3.05, 3.63) is 117 Å². The van der Waals surface area contributed by atoms with Crippen molar-refractivity contribution in [2.45, 2.75) is 76.0 Å². The molecule has 0 fully saturated rings. The Bertz CT molecular complexity index is 2160. The van der Waals surface area contributed by atoms with Gasteiger partial charge in [-0.2, -0.15) is 8.42 Å². The van der Waals surface area contributed by atoms with Gasteiger partial charge in [-0.25, -0.2) is 0 Å². The summed E-state index contributed by atoms with van der Waals surface area (Å²) < 4.78 is 42.8. The lowest BCUT2D eigenvalue weighted by Gasteiger charge is -2.27. The van der Waals surface area contributed by atoms with E-state index in [9.17, 15) is 40.2 Å². The van der Waals surface area contributed by atoms with Gasteiger partial charge < -0.3 is 71.5 Å². The molecule has 0 unspecified atom stereocenters. The minimum Gasteiger partial charge on any atom is -0.508 e. The standard InChI is InChI=1S/2C23H30N2O5.H2O4S.2H2O/c2*1-25(2)23(29)14-30-20-7-4-15-3-6-19(10-17(15)11-20)24-12-22(28)16-5-8-21(27)18(9-16)13-26;1-5(2,3)4;;/h2*4-5,7-9,11,19,22,24,26-28H,3,6,10,12-14H2,1-2H3;(H2,1,2,3,4);2*1H2/t2*19-,22-;;;/m00.../s1. The molecule has 0 heterocycles. The number of amides is 2. The van der Waals surface area contributed by atoms with E-state index in [1.165, 1.54) is 44.2 Å². The van der Waals surface area contributed by atoms with Crippen LogP contribution in [0, 0.1) is 0 Å².